The normalized spacial score (nSPS) is 10.5. The molecule has 6 heteroatoms. The number of fused-ring (bicyclic) bond motifs is 1. The van der Waals surface area contributed by atoms with Gasteiger partial charge in [0.05, 0.1) is 12.8 Å². The first-order valence-electron chi connectivity index (χ1n) is 6.77. The molecule has 0 radical (unpaired) electrons. The van der Waals surface area contributed by atoms with Gasteiger partial charge < -0.3 is 10.1 Å². The van der Waals surface area contributed by atoms with Crippen LogP contribution in [0.15, 0.2) is 48.5 Å². The fourth-order valence-corrected chi connectivity index (χ4v) is 3.49. The average Bonchev–Trinajstić information content (AvgIpc) is 2.93. The molecule has 0 spiro atoms. The fourth-order valence-electron chi connectivity index (χ4n) is 2.22. The standard InChI is InChI=1S/C17H12ClNO3S/c1-22-17(21)15-14(12-7-2-3-8-13(12)23-15)19-16(20)10-5-4-6-11(18)9-10/h2-9H,1H3,(H,19,20). The second kappa shape index (κ2) is 6.40. The summed E-state index contributed by atoms with van der Waals surface area (Å²) in [5.74, 6) is -0.811. The predicted octanol–water partition coefficient (Wildman–Crippen LogP) is 4.59. The van der Waals surface area contributed by atoms with E-state index in [1.807, 2.05) is 24.3 Å². The van der Waals surface area contributed by atoms with Crippen LogP contribution in [0, 0.1) is 0 Å². The van der Waals surface area contributed by atoms with Crippen molar-refractivity contribution in [1.29, 1.82) is 0 Å². The van der Waals surface area contributed by atoms with Crippen LogP contribution >= 0.6 is 22.9 Å². The van der Waals surface area contributed by atoms with Crippen LogP contribution in [0.4, 0.5) is 5.69 Å². The number of halogens is 1. The van der Waals surface area contributed by atoms with E-state index in [-0.39, 0.29) is 5.91 Å². The van der Waals surface area contributed by atoms with Gasteiger partial charge in [-0.2, -0.15) is 0 Å². The largest absolute Gasteiger partial charge is 0.465 e. The molecule has 4 nitrogen and oxygen atoms in total. The van der Waals surface area contributed by atoms with Crippen molar-refractivity contribution < 1.29 is 14.3 Å². The number of carbonyl (C=O) groups is 2. The first-order valence-corrected chi connectivity index (χ1v) is 7.96. The molecule has 1 amide bonds. The van der Waals surface area contributed by atoms with E-state index in [9.17, 15) is 9.59 Å². The summed E-state index contributed by atoms with van der Waals surface area (Å²) < 4.78 is 5.71. The Morgan fingerprint density at radius 1 is 1.13 bits per heavy atom. The van der Waals surface area contributed by atoms with Gasteiger partial charge in [0.1, 0.15) is 4.88 Å². The Labute approximate surface area is 141 Å². The third-order valence-corrected chi connectivity index (χ3v) is 4.68. The molecular weight excluding hydrogens is 334 g/mol. The van der Waals surface area contributed by atoms with Crippen molar-refractivity contribution >= 4 is 50.6 Å². The molecule has 116 valence electrons. The van der Waals surface area contributed by atoms with E-state index < -0.39 is 5.97 Å². The summed E-state index contributed by atoms with van der Waals surface area (Å²) in [6.45, 7) is 0. The van der Waals surface area contributed by atoms with Gasteiger partial charge in [-0.25, -0.2) is 4.79 Å². The number of ether oxygens (including phenoxy) is 1. The summed E-state index contributed by atoms with van der Waals surface area (Å²) in [4.78, 5) is 24.8. The number of benzene rings is 2. The smallest absolute Gasteiger partial charge is 0.350 e. The number of hydrogen-bond acceptors (Lipinski definition) is 4. The zero-order valence-electron chi connectivity index (χ0n) is 12.1. The lowest BCUT2D eigenvalue weighted by atomic mass is 10.2. The number of rotatable bonds is 3. The molecule has 23 heavy (non-hydrogen) atoms. The summed E-state index contributed by atoms with van der Waals surface area (Å²) in [6.07, 6.45) is 0. The molecule has 3 rings (SSSR count). The third-order valence-electron chi connectivity index (χ3n) is 3.29. The summed E-state index contributed by atoms with van der Waals surface area (Å²) in [7, 11) is 1.31. The van der Waals surface area contributed by atoms with E-state index >= 15 is 0 Å². The van der Waals surface area contributed by atoms with Crippen LogP contribution in [0.2, 0.25) is 5.02 Å². The number of esters is 1. The van der Waals surface area contributed by atoms with Crippen molar-refractivity contribution in [2.45, 2.75) is 0 Å². The van der Waals surface area contributed by atoms with Crippen LogP contribution in [0.5, 0.6) is 0 Å². The monoisotopic (exact) mass is 345 g/mol. The van der Waals surface area contributed by atoms with Crippen LogP contribution in [0.1, 0.15) is 20.0 Å². The zero-order chi connectivity index (χ0) is 16.4. The Morgan fingerprint density at radius 2 is 1.91 bits per heavy atom. The van der Waals surface area contributed by atoms with Crippen molar-refractivity contribution in [3.63, 3.8) is 0 Å². The topological polar surface area (TPSA) is 55.4 Å². The fraction of sp³-hybridized carbons (Fsp3) is 0.0588. The van der Waals surface area contributed by atoms with Gasteiger partial charge in [-0.15, -0.1) is 11.3 Å². The molecule has 0 aliphatic rings. The second-order valence-corrected chi connectivity index (χ2v) is 6.25. The molecule has 3 aromatic rings. The van der Waals surface area contributed by atoms with Crippen LogP contribution in [-0.4, -0.2) is 19.0 Å². The third kappa shape index (κ3) is 3.06. The molecule has 0 saturated heterocycles. The highest BCUT2D eigenvalue weighted by molar-refractivity contribution is 7.21. The van der Waals surface area contributed by atoms with Gasteiger partial charge in [0.2, 0.25) is 0 Å². The molecular formula is C17H12ClNO3S. The molecule has 0 bridgehead atoms. The van der Waals surface area contributed by atoms with Crippen molar-refractivity contribution in [3.8, 4) is 0 Å². The zero-order valence-corrected chi connectivity index (χ0v) is 13.7. The lowest BCUT2D eigenvalue weighted by Crippen LogP contribution is -2.14. The van der Waals surface area contributed by atoms with Crippen LogP contribution in [-0.2, 0) is 4.74 Å². The highest BCUT2D eigenvalue weighted by Crippen LogP contribution is 2.36. The molecule has 1 heterocycles. The number of thiophene rings is 1. The molecule has 0 fully saturated rings. The quantitative estimate of drug-likeness (QED) is 0.706. The van der Waals surface area contributed by atoms with Gasteiger partial charge in [-0.3, -0.25) is 4.79 Å². The minimum absolute atomic E-state index is 0.332. The van der Waals surface area contributed by atoms with Crippen LogP contribution in [0.25, 0.3) is 10.1 Å². The van der Waals surface area contributed by atoms with E-state index in [4.69, 9.17) is 16.3 Å². The Bertz CT molecular complexity index is 904. The van der Waals surface area contributed by atoms with Crippen molar-refractivity contribution in [1.82, 2.24) is 0 Å². The number of methoxy groups -OCH3 is 1. The molecule has 0 aliphatic heterocycles. The SMILES string of the molecule is COC(=O)c1sc2ccccc2c1NC(=O)c1cccc(Cl)c1. The summed E-state index contributed by atoms with van der Waals surface area (Å²) in [5.41, 5.74) is 0.881. The van der Waals surface area contributed by atoms with Crippen LogP contribution in [0.3, 0.4) is 0 Å². The molecule has 2 aromatic carbocycles. The van der Waals surface area contributed by atoms with Crippen molar-refractivity contribution in [3.05, 3.63) is 64.0 Å². The first-order chi connectivity index (χ1) is 11.1. The maximum absolute atomic E-state index is 12.5. The molecule has 0 atom stereocenters. The van der Waals surface area contributed by atoms with Gasteiger partial charge >= 0.3 is 5.97 Å². The maximum atomic E-state index is 12.5. The van der Waals surface area contributed by atoms with Crippen molar-refractivity contribution in [2.75, 3.05) is 12.4 Å². The maximum Gasteiger partial charge on any atom is 0.350 e. The highest BCUT2D eigenvalue weighted by Gasteiger charge is 2.21. The Hall–Kier alpha value is -2.37. The highest BCUT2D eigenvalue weighted by atomic mass is 35.5. The number of nitrogens with one attached hydrogen (secondary N) is 1. The van der Waals surface area contributed by atoms with Crippen molar-refractivity contribution in [2.24, 2.45) is 0 Å². The number of anilines is 1. The van der Waals surface area contributed by atoms with E-state index in [2.05, 4.69) is 5.32 Å². The molecule has 1 aromatic heterocycles. The minimum atomic E-state index is -0.479. The van der Waals surface area contributed by atoms with Gasteiger partial charge in [0.25, 0.3) is 5.91 Å². The van der Waals surface area contributed by atoms with Crippen LogP contribution < -0.4 is 5.32 Å². The number of hydrogen-bond donors (Lipinski definition) is 1. The lowest BCUT2D eigenvalue weighted by molar-refractivity contribution is 0.0607. The Balaban J connectivity index is 2.04. The van der Waals surface area contributed by atoms with Gasteiger partial charge in [0.15, 0.2) is 0 Å². The Kier molecular flexibility index (Phi) is 4.32. The number of amides is 1. The summed E-state index contributed by atoms with van der Waals surface area (Å²) in [5, 5.41) is 4.08. The van der Waals surface area contributed by atoms with E-state index in [0.29, 0.717) is 21.2 Å². The lowest BCUT2D eigenvalue weighted by Gasteiger charge is -2.07. The predicted molar refractivity (Wildman–Crippen MR) is 92.6 cm³/mol. The average molecular weight is 346 g/mol. The minimum Gasteiger partial charge on any atom is -0.465 e. The Morgan fingerprint density at radius 3 is 2.65 bits per heavy atom. The molecule has 0 aliphatic carbocycles. The van der Waals surface area contributed by atoms with E-state index in [0.717, 1.165) is 10.1 Å². The second-order valence-electron chi connectivity index (χ2n) is 4.76. The van der Waals surface area contributed by atoms with Gasteiger partial charge in [-0.05, 0) is 24.3 Å². The first kappa shape index (κ1) is 15.5. The van der Waals surface area contributed by atoms with E-state index in [1.165, 1.54) is 18.4 Å². The summed E-state index contributed by atoms with van der Waals surface area (Å²) in [6, 6.07) is 14.1. The summed E-state index contributed by atoms with van der Waals surface area (Å²) >= 11 is 7.20. The molecule has 0 saturated carbocycles. The molecule has 1 N–H and O–H groups in total. The van der Waals surface area contributed by atoms with Gasteiger partial charge in [0, 0.05) is 20.7 Å². The number of carbonyl (C=O) groups excluding carboxylic acids is 2. The molecule has 0 unspecified atom stereocenters. The van der Waals surface area contributed by atoms with E-state index in [1.54, 1.807) is 24.3 Å². The van der Waals surface area contributed by atoms with Gasteiger partial charge in [-0.1, -0.05) is 35.9 Å².